The number of pyridine rings is 1. The summed E-state index contributed by atoms with van der Waals surface area (Å²) >= 11 is 0. The maximum Gasteiger partial charge on any atom is 0.191 e. The Bertz CT molecular complexity index is 735. The number of hydrogen-bond donors (Lipinski definition) is 2. The number of anilines is 1. The van der Waals surface area contributed by atoms with Crippen LogP contribution in [-0.2, 0) is 6.42 Å². The molecule has 2 N–H and O–H groups in total. The highest BCUT2D eigenvalue weighted by molar-refractivity contribution is 14.0. The average Bonchev–Trinajstić information content (AvgIpc) is 2.68. The fraction of sp³-hybridized carbons (Fsp3) is 0.455. The molecular weight excluding hydrogens is 461 g/mol. The van der Waals surface area contributed by atoms with E-state index in [4.69, 9.17) is 0 Å². The fourth-order valence-electron chi connectivity index (χ4n) is 3.72. The molecule has 1 aliphatic heterocycles. The lowest BCUT2D eigenvalue weighted by atomic mass is 10.0. The topological polar surface area (TPSA) is 52.6 Å². The number of guanidine groups is 1. The quantitative estimate of drug-likeness (QED) is 0.379. The van der Waals surface area contributed by atoms with Crippen LogP contribution in [0.5, 0.6) is 0 Å². The van der Waals surface area contributed by atoms with Crippen molar-refractivity contribution in [2.75, 3.05) is 31.6 Å². The number of halogens is 1. The summed E-state index contributed by atoms with van der Waals surface area (Å²) in [5.41, 5.74) is 4.03. The second kappa shape index (κ2) is 11.2. The molecule has 3 rings (SSSR count). The van der Waals surface area contributed by atoms with Crippen molar-refractivity contribution in [1.82, 2.24) is 15.6 Å². The van der Waals surface area contributed by atoms with Gasteiger partial charge in [-0.25, -0.2) is 4.98 Å². The van der Waals surface area contributed by atoms with Crippen LogP contribution < -0.4 is 15.5 Å². The summed E-state index contributed by atoms with van der Waals surface area (Å²) in [7, 11) is 1.84. The van der Waals surface area contributed by atoms with E-state index < -0.39 is 0 Å². The van der Waals surface area contributed by atoms with Gasteiger partial charge in [0, 0.05) is 38.9 Å². The Morgan fingerprint density at radius 1 is 1.14 bits per heavy atom. The molecule has 0 radical (unpaired) electrons. The first kappa shape index (κ1) is 22.5. The Morgan fingerprint density at radius 2 is 1.86 bits per heavy atom. The van der Waals surface area contributed by atoms with Gasteiger partial charge in [0.1, 0.15) is 5.82 Å². The van der Waals surface area contributed by atoms with Crippen molar-refractivity contribution < 1.29 is 0 Å². The van der Waals surface area contributed by atoms with Gasteiger partial charge in [-0.15, -0.1) is 24.0 Å². The van der Waals surface area contributed by atoms with Crippen molar-refractivity contribution in [3.63, 3.8) is 0 Å². The largest absolute Gasteiger partial charge is 0.356 e. The lowest BCUT2D eigenvalue weighted by Gasteiger charge is -2.33. The van der Waals surface area contributed by atoms with Gasteiger partial charge >= 0.3 is 0 Å². The van der Waals surface area contributed by atoms with Crippen molar-refractivity contribution in [2.45, 2.75) is 39.2 Å². The third-order valence-electron chi connectivity index (χ3n) is 5.02. The third-order valence-corrected chi connectivity index (χ3v) is 5.02. The van der Waals surface area contributed by atoms with Crippen LogP contribution in [0.2, 0.25) is 0 Å². The Kier molecular flexibility index (Phi) is 9.02. The number of benzene rings is 1. The van der Waals surface area contributed by atoms with Gasteiger partial charge in [-0.3, -0.25) is 4.99 Å². The van der Waals surface area contributed by atoms with Crippen molar-refractivity contribution >= 4 is 35.8 Å². The van der Waals surface area contributed by atoms with Crippen LogP contribution in [0, 0.1) is 13.8 Å². The second-order valence-electron chi connectivity index (χ2n) is 7.34. The molecule has 1 aromatic heterocycles. The van der Waals surface area contributed by atoms with Crippen LogP contribution in [-0.4, -0.2) is 43.7 Å². The molecule has 0 aliphatic carbocycles. The number of nitrogens with zero attached hydrogens (tertiary/aromatic N) is 3. The van der Waals surface area contributed by atoms with Gasteiger partial charge in [0.25, 0.3) is 0 Å². The number of hydrogen-bond acceptors (Lipinski definition) is 3. The van der Waals surface area contributed by atoms with E-state index in [-0.39, 0.29) is 24.0 Å². The molecule has 0 atom stereocenters. The number of rotatable bonds is 5. The zero-order valence-electron chi connectivity index (χ0n) is 17.1. The van der Waals surface area contributed by atoms with E-state index in [1.165, 1.54) is 16.7 Å². The Hall–Kier alpha value is -1.83. The highest BCUT2D eigenvalue weighted by atomic mass is 127. The molecule has 0 unspecified atom stereocenters. The number of nitrogens with one attached hydrogen (secondary N) is 2. The number of aliphatic imine (C=N–C) groups is 1. The molecule has 2 heterocycles. The first-order valence-corrected chi connectivity index (χ1v) is 9.84. The van der Waals surface area contributed by atoms with Crippen molar-refractivity contribution in [3.8, 4) is 0 Å². The Labute approximate surface area is 186 Å². The Morgan fingerprint density at radius 3 is 2.46 bits per heavy atom. The number of aryl methyl sites for hydroxylation is 2. The van der Waals surface area contributed by atoms with E-state index in [0.717, 1.165) is 50.7 Å². The normalized spacial score (nSPS) is 15.1. The highest BCUT2D eigenvalue weighted by Crippen LogP contribution is 2.17. The molecule has 0 spiro atoms. The van der Waals surface area contributed by atoms with E-state index in [1.54, 1.807) is 0 Å². The predicted octanol–water partition coefficient (Wildman–Crippen LogP) is 3.69. The SMILES string of the molecule is CN=C(NCCc1cc(C)cc(C)c1)NC1CCN(c2ccccn2)CC1.I. The molecule has 6 heteroatoms. The summed E-state index contributed by atoms with van der Waals surface area (Å²) in [6.07, 6.45) is 5.05. The van der Waals surface area contributed by atoms with Crippen LogP contribution in [0.3, 0.4) is 0 Å². The minimum Gasteiger partial charge on any atom is -0.356 e. The first-order valence-electron chi connectivity index (χ1n) is 9.84. The van der Waals surface area contributed by atoms with Crippen molar-refractivity contribution in [3.05, 3.63) is 59.3 Å². The van der Waals surface area contributed by atoms with Gasteiger partial charge < -0.3 is 15.5 Å². The molecular formula is C22H32IN5. The molecule has 2 aromatic rings. The first-order chi connectivity index (χ1) is 13.1. The molecule has 0 saturated carbocycles. The summed E-state index contributed by atoms with van der Waals surface area (Å²) in [5.74, 6) is 1.97. The van der Waals surface area contributed by atoms with E-state index >= 15 is 0 Å². The maximum absolute atomic E-state index is 4.46. The van der Waals surface area contributed by atoms with Gasteiger partial charge in [0.15, 0.2) is 5.96 Å². The van der Waals surface area contributed by atoms with Gasteiger partial charge in [0.2, 0.25) is 0 Å². The summed E-state index contributed by atoms with van der Waals surface area (Å²) in [6.45, 7) is 7.24. The minimum absolute atomic E-state index is 0. The van der Waals surface area contributed by atoms with Crippen molar-refractivity contribution in [2.24, 2.45) is 4.99 Å². The highest BCUT2D eigenvalue weighted by Gasteiger charge is 2.20. The predicted molar refractivity (Wildman–Crippen MR) is 129 cm³/mol. The minimum atomic E-state index is 0. The molecule has 0 amide bonds. The summed E-state index contributed by atoms with van der Waals surface area (Å²) in [5, 5.41) is 7.04. The molecule has 1 fully saturated rings. The van der Waals surface area contributed by atoms with Crippen molar-refractivity contribution in [1.29, 1.82) is 0 Å². The lowest BCUT2D eigenvalue weighted by molar-refractivity contribution is 0.459. The zero-order valence-corrected chi connectivity index (χ0v) is 19.4. The molecule has 1 aromatic carbocycles. The molecule has 5 nitrogen and oxygen atoms in total. The summed E-state index contributed by atoms with van der Waals surface area (Å²) in [4.78, 5) is 11.2. The number of aromatic nitrogens is 1. The van der Waals surface area contributed by atoms with Crippen LogP contribution in [0.1, 0.15) is 29.5 Å². The molecule has 28 heavy (non-hydrogen) atoms. The monoisotopic (exact) mass is 493 g/mol. The van der Waals surface area contributed by atoms with E-state index in [2.05, 4.69) is 63.6 Å². The smallest absolute Gasteiger partial charge is 0.191 e. The third kappa shape index (κ3) is 6.65. The van der Waals surface area contributed by atoms with Gasteiger partial charge in [-0.1, -0.05) is 35.4 Å². The van der Waals surface area contributed by atoms with Gasteiger partial charge in [0.05, 0.1) is 0 Å². The van der Waals surface area contributed by atoms with Crippen LogP contribution in [0.25, 0.3) is 0 Å². The average molecular weight is 493 g/mol. The lowest BCUT2D eigenvalue weighted by Crippen LogP contribution is -2.49. The van der Waals surface area contributed by atoms with E-state index in [1.807, 2.05) is 25.4 Å². The van der Waals surface area contributed by atoms with E-state index in [9.17, 15) is 0 Å². The Balaban J connectivity index is 0.00000280. The maximum atomic E-state index is 4.46. The molecule has 1 saturated heterocycles. The number of piperidine rings is 1. The van der Waals surface area contributed by atoms with Gasteiger partial charge in [-0.2, -0.15) is 0 Å². The molecule has 152 valence electrons. The fourth-order valence-corrected chi connectivity index (χ4v) is 3.72. The summed E-state index contributed by atoms with van der Waals surface area (Å²) in [6, 6.07) is 13.3. The second-order valence-corrected chi connectivity index (χ2v) is 7.34. The van der Waals surface area contributed by atoms with E-state index in [0.29, 0.717) is 6.04 Å². The molecule has 1 aliphatic rings. The molecule has 0 bridgehead atoms. The standard InChI is InChI=1S/C22H31N5.HI/c1-17-14-18(2)16-19(15-17)7-11-25-22(23-3)26-20-8-12-27(13-9-20)21-6-4-5-10-24-21;/h4-6,10,14-16,20H,7-9,11-13H2,1-3H3,(H2,23,25,26);1H. The van der Waals surface area contributed by atoms with Crippen LogP contribution in [0.4, 0.5) is 5.82 Å². The zero-order chi connectivity index (χ0) is 19.1. The van der Waals surface area contributed by atoms with Crippen LogP contribution in [0.15, 0.2) is 47.6 Å². The van der Waals surface area contributed by atoms with Gasteiger partial charge in [-0.05, 0) is 50.8 Å². The van der Waals surface area contributed by atoms with Crippen LogP contribution >= 0.6 is 24.0 Å². The summed E-state index contributed by atoms with van der Waals surface area (Å²) < 4.78 is 0.